The molecule has 1 N–H and O–H groups in total. The second-order valence-electron chi connectivity index (χ2n) is 7.04. The van der Waals surface area contributed by atoms with Crippen LogP contribution in [0.2, 0.25) is 0 Å². The van der Waals surface area contributed by atoms with Gasteiger partial charge in [-0.15, -0.1) is 0 Å². The molecule has 28 heavy (non-hydrogen) atoms. The zero-order valence-corrected chi connectivity index (χ0v) is 17.7. The monoisotopic (exact) mass is 383 g/mol. The zero-order chi connectivity index (χ0) is 20.5. The molecule has 0 saturated carbocycles. The van der Waals surface area contributed by atoms with Gasteiger partial charge in [-0.3, -0.25) is 9.69 Å². The third-order valence-electron chi connectivity index (χ3n) is 5.11. The molecular formula is C23H33N3O2. The van der Waals surface area contributed by atoms with Crippen molar-refractivity contribution in [1.29, 1.82) is 0 Å². The molecule has 0 radical (unpaired) electrons. The molecule has 0 aliphatic rings. The Kier molecular flexibility index (Phi) is 8.48. The number of nitrogens with zero attached hydrogens (tertiary/aromatic N) is 2. The van der Waals surface area contributed by atoms with Gasteiger partial charge in [0.1, 0.15) is 11.8 Å². The number of nitrogens with one attached hydrogen (secondary N) is 1. The van der Waals surface area contributed by atoms with Crippen LogP contribution in [-0.4, -0.2) is 56.5 Å². The maximum atomic E-state index is 13.2. The van der Waals surface area contributed by atoms with Gasteiger partial charge < -0.3 is 15.0 Å². The van der Waals surface area contributed by atoms with Crippen LogP contribution in [0.1, 0.15) is 37.1 Å². The highest BCUT2D eigenvalue weighted by Crippen LogP contribution is 2.24. The number of benzene rings is 2. The number of methoxy groups -OCH3 is 1. The molecule has 1 amide bonds. The Morgan fingerprint density at radius 1 is 1.00 bits per heavy atom. The SMILES string of the molecule is CCN(CC)C(C(=O)NCC(c1cccc(OC)c1)N(C)C)c1ccccc1. The molecule has 0 bridgehead atoms. The van der Waals surface area contributed by atoms with Crippen LogP contribution in [-0.2, 0) is 4.79 Å². The Bertz CT molecular complexity index is 730. The molecule has 2 atom stereocenters. The Hall–Kier alpha value is -2.37. The fourth-order valence-corrected chi connectivity index (χ4v) is 3.49. The summed E-state index contributed by atoms with van der Waals surface area (Å²) < 4.78 is 5.35. The maximum absolute atomic E-state index is 13.2. The Balaban J connectivity index is 2.19. The van der Waals surface area contributed by atoms with E-state index in [1.807, 2.05) is 62.6 Å². The first-order valence-electron chi connectivity index (χ1n) is 9.88. The lowest BCUT2D eigenvalue weighted by atomic mass is 10.0. The zero-order valence-electron chi connectivity index (χ0n) is 17.7. The molecule has 0 saturated heterocycles. The van der Waals surface area contributed by atoms with Crippen LogP contribution in [0.4, 0.5) is 0 Å². The summed E-state index contributed by atoms with van der Waals surface area (Å²) in [7, 11) is 5.71. The topological polar surface area (TPSA) is 44.8 Å². The first kappa shape index (κ1) is 21.9. The highest BCUT2D eigenvalue weighted by atomic mass is 16.5. The molecule has 0 heterocycles. The van der Waals surface area contributed by atoms with Crippen LogP contribution in [0.15, 0.2) is 54.6 Å². The van der Waals surface area contributed by atoms with Crippen LogP contribution < -0.4 is 10.1 Å². The average molecular weight is 384 g/mol. The van der Waals surface area contributed by atoms with E-state index in [4.69, 9.17) is 4.74 Å². The van der Waals surface area contributed by atoms with E-state index in [-0.39, 0.29) is 18.0 Å². The molecule has 0 aliphatic heterocycles. The van der Waals surface area contributed by atoms with E-state index in [1.165, 1.54) is 0 Å². The second kappa shape index (κ2) is 10.8. The maximum Gasteiger partial charge on any atom is 0.242 e. The summed E-state index contributed by atoms with van der Waals surface area (Å²) in [4.78, 5) is 17.5. The van der Waals surface area contributed by atoms with E-state index in [2.05, 4.69) is 35.0 Å². The molecule has 0 spiro atoms. The van der Waals surface area contributed by atoms with Crippen molar-refractivity contribution in [2.24, 2.45) is 0 Å². The van der Waals surface area contributed by atoms with Gasteiger partial charge in [-0.05, 0) is 50.4 Å². The van der Waals surface area contributed by atoms with E-state index in [0.29, 0.717) is 6.54 Å². The minimum absolute atomic E-state index is 0.0321. The molecule has 5 heteroatoms. The van der Waals surface area contributed by atoms with Gasteiger partial charge in [-0.2, -0.15) is 0 Å². The number of ether oxygens (including phenoxy) is 1. The van der Waals surface area contributed by atoms with Crippen LogP contribution in [0.3, 0.4) is 0 Å². The standard InChI is InChI=1S/C23H33N3O2/c1-6-26(7-2)22(18-12-9-8-10-13-18)23(27)24-17-21(25(3)4)19-14-11-15-20(16-19)28-5/h8-16,21-22H,6-7,17H2,1-5H3,(H,24,27). The Morgan fingerprint density at radius 2 is 1.64 bits per heavy atom. The van der Waals surface area contributed by atoms with Crippen LogP contribution in [0.5, 0.6) is 5.75 Å². The molecule has 0 aliphatic carbocycles. The third-order valence-corrected chi connectivity index (χ3v) is 5.11. The summed E-state index contributed by atoms with van der Waals surface area (Å²) in [5, 5.41) is 3.18. The second-order valence-corrected chi connectivity index (χ2v) is 7.04. The van der Waals surface area contributed by atoms with Crippen molar-refractivity contribution in [2.45, 2.75) is 25.9 Å². The molecule has 152 valence electrons. The van der Waals surface area contributed by atoms with Crippen molar-refractivity contribution in [3.63, 3.8) is 0 Å². The van der Waals surface area contributed by atoms with Crippen molar-refractivity contribution >= 4 is 5.91 Å². The third kappa shape index (κ3) is 5.57. The lowest BCUT2D eigenvalue weighted by Gasteiger charge is -2.31. The molecule has 0 aromatic heterocycles. The molecular weight excluding hydrogens is 350 g/mol. The van der Waals surface area contributed by atoms with Crippen molar-refractivity contribution in [3.8, 4) is 5.75 Å². The normalized spacial score (nSPS) is 13.4. The van der Waals surface area contributed by atoms with E-state index < -0.39 is 0 Å². The molecule has 2 unspecified atom stereocenters. The number of hydrogen-bond acceptors (Lipinski definition) is 4. The van der Waals surface area contributed by atoms with Gasteiger partial charge in [-0.25, -0.2) is 0 Å². The number of likely N-dealkylation sites (N-methyl/N-ethyl adjacent to an activating group) is 2. The number of rotatable bonds is 10. The summed E-state index contributed by atoms with van der Waals surface area (Å²) in [6.45, 7) is 6.34. The van der Waals surface area contributed by atoms with E-state index in [1.54, 1.807) is 7.11 Å². The van der Waals surface area contributed by atoms with Gasteiger partial charge >= 0.3 is 0 Å². The molecule has 2 aromatic carbocycles. The first-order chi connectivity index (χ1) is 13.5. The number of carbonyl (C=O) groups is 1. The van der Waals surface area contributed by atoms with E-state index in [9.17, 15) is 4.79 Å². The fourth-order valence-electron chi connectivity index (χ4n) is 3.49. The first-order valence-corrected chi connectivity index (χ1v) is 9.88. The van der Waals surface area contributed by atoms with E-state index in [0.717, 1.165) is 30.0 Å². The highest BCUT2D eigenvalue weighted by Gasteiger charge is 2.26. The Morgan fingerprint density at radius 3 is 2.21 bits per heavy atom. The summed E-state index contributed by atoms with van der Waals surface area (Å²) in [5.74, 6) is 0.852. The minimum atomic E-state index is -0.288. The van der Waals surface area contributed by atoms with Crippen LogP contribution in [0.25, 0.3) is 0 Å². The van der Waals surface area contributed by atoms with Crippen LogP contribution >= 0.6 is 0 Å². The van der Waals surface area contributed by atoms with E-state index >= 15 is 0 Å². The van der Waals surface area contributed by atoms with Gasteiger partial charge in [0, 0.05) is 6.54 Å². The molecule has 5 nitrogen and oxygen atoms in total. The largest absolute Gasteiger partial charge is 0.497 e. The van der Waals surface area contributed by atoms with Crippen molar-refractivity contribution in [2.75, 3.05) is 40.8 Å². The summed E-state index contributed by atoms with van der Waals surface area (Å²) >= 11 is 0. The quantitative estimate of drug-likeness (QED) is 0.682. The van der Waals surface area contributed by atoms with Crippen molar-refractivity contribution in [1.82, 2.24) is 15.1 Å². The van der Waals surface area contributed by atoms with Gasteiger partial charge in [0.25, 0.3) is 0 Å². The van der Waals surface area contributed by atoms with Gasteiger partial charge in [-0.1, -0.05) is 56.3 Å². The smallest absolute Gasteiger partial charge is 0.242 e. The summed E-state index contributed by atoms with van der Waals surface area (Å²) in [6, 6.07) is 17.8. The number of carbonyl (C=O) groups excluding carboxylic acids is 1. The van der Waals surface area contributed by atoms with Crippen molar-refractivity contribution < 1.29 is 9.53 Å². The number of amides is 1. The Labute approximate surface area is 169 Å². The number of hydrogen-bond donors (Lipinski definition) is 1. The molecule has 2 rings (SSSR count). The van der Waals surface area contributed by atoms with Crippen LogP contribution in [0, 0.1) is 0 Å². The lowest BCUT2D eigenvalue weighted by Crippen LogP contribution is -2.43. The molecule has 0 fully saturated rings. The van der Waals surface area contributed by atoms with Gasteiger partial charge in [0.2, 0.25) is 5.91 Å². The summed E-state index contributed by atoms with van der Waals surface area (Å²) in [6.07, 6.45) is 0. The molecule has 2 aromatic rings. The van der Waals surface area contributed by atoms with Gasteiger partial charge in [0.05, 0.1) is 13.2 Å². The average Bonchev–Trinajstić information content (AvgIpc) is 2.72. The predicted molar refractivity (Wildman–Crippen MR) is 115 cm³/mol. The lowest BCUT2D eigenvalue weighted by molar-refractivity contribution is -0.126. The highest BCUT2D eigenvalue weighted by molar-refractivity contribution is 5.83. The fraction of sp³-hybridized carbons (Fsp3) is 0.435. The summed E-state index contributed by atoms with van der Waals surface area (Å²) in [5.41, 5.74) is 2.13. The van der Waals surface area contributed by atoms with Crippen molar-refractivity contribution in [3.05, 3.63) is 65.7 Å². The van der Waals surface area contributed by atoms with Gasteiger partial charge in [0.15, 0.2) is 0 Å². The minimum Gasteiger partial charge on any atom is -0.497 e. The predicted octanol–water partition coefficient (Wildman–Crippen LogP) is 3.50.